The molecular weight excluding hydrogens is 258 g/mol. The summed E-state index contributed by atoms with van der Waals surface area (Å²) in [7, 11) is 0. The van der Waals surface area contributed by atoms with Crippen molar-refractivity contribution in [2.24, 2.45) is 10.8 Å². The van der Waals surface area contributed by atoms with Gasteiger partial charge in [0.15, 0.2) is 0 Å². The number of allylic oxidation sites excluding steroid dienone is 1. The van der Waals surface area contributed by atoms with Gasteiger partial charge in [0, 0.05) is 19.8 Å². The van der Waals surface area contributed by atoms with Gasteiger partial charge in [-0.15, -0.1) is 6.58 Å². The molecular formula is C15H23NO4. The van der Waals surface area contributed by atoms with Crippen molar-refractivity contribution in [3.8, 4) is 0 Å². The van der Waals surface area contributed by atoms with E-state index < -0.39 is 11.4 Å². The van der Waals surface area contributed by atoms with Crippen molar-refractivity contribution in [3.05, 3.63) is 12.7 Å². The maximum absolute atomic E-state index is 12.4. The van der Waals surface area contributed by atoms with Crippen molar-refractivity contribution in [2.75, 3.05) is 19.8 Å². The van der Waals surface area contributed by atoms with E-state index in [0.717, 1.165) is 19.3 Å². The van der Waals surface area contributed by atoms with Crippen molar-refractivity contribution in [1.29, 1.82) is 0 Å². The van der Waals surface area contributed by atoms with Crippen LogP contribution >= 0.6 is 0 Å². The van der Waals surface area contributed by atoms with E-state index in [0.29, 0.717) is 32.5 Å². The molecule has 1 aliphatic heterocycles. The van der Waals surface area contributed by atoms with Crippen LogP contribution in [0.5, 0.6) is 0 Å². The van der Waals surface area contributed by atoms with E-state index in [4.69, 9.17) is 4.74 Å². The number of carbonyl (C=O) groups is 2. The van der Waals surface area contributed by atoms with Crippen LogP contribution in [0.4, 0.5) is 0 Å². The number of carboxylic acids is 1. The highest BCUT2D eigenvalue weighted by Gasteiger charge is 2.45. The van der Waals surface area contributed by atoms with E-state index in [1.54, 1.807) is 6.08 Å². The number of nitrogens with one attached hydrogen (secondary N) is 1. The molecule has 1 aliphatic carbocycles. The highest BCUT2D eigenvalue weighted by molar-refractivity contribution is 5.84. The van der Waals surface area contributed by atoms with E-state index in [1.165, 1.54) is 0 Å². The Hall–Kier alpha value is -1.36. The van der Waals surface area contributed by atoms with Crippen molar-refractivity contribution in [3.63, 3.8) is 0 Å². The van der Waals surface area contributed by atoms with Crippen LogP contribution in [0.25, 0.3) is 0 Å². The summed E-state index contributed by atoms with van der Waals surface area (Å²) in [6, 6.07) is 0. The van der Waals surface area contributed by atoms with Crippen LogP contribution in [0.1, 0.15) is 38.5 Å². The lowest BCUT2D eigenvalue weighted by Gasteiger charge is -2.41. The Bertz CT molecular complexity index is 395. The molecule has 0 atom stereocenters. The van der Waals surface area contributed by atoms with Gasteiger partial charge in [-0.1, -0.05) is 12.5 Å². The first kappa shape index (κ1) is 15.0. The predicted octanol–water partition coefficient (Wildman–Crippen LogP) is 1.73. The number of carbonyl (C=O) groups excluding carboxylic acids is 1. The fourth-order valence-corrected chi connectivity index (χ4v) is 3.07. The van der Waals surface area contributed by atoms with Crippen LogP contribution in [0.15, 0.2) is 12.7 Å². The molecule has 0 spiro atoms. The smallest absolute Gasteiger partial charge is 0.311 e. The summed E-state index contributed by atoms with van der Waals surface area (Å²) in [6.07, 6.45) is 6.15. The number of carboxylic acid groups (broad SMARTS) is 1. The molecule has 0 unspecified atom stereocenters. The summed E-state index contributed by atoms with van der Waals surface area (Å²) in [5.74, 6) is -0.858. The number of rotatable bonds is 6. The van der Waals surface area contributed by atoms with E-state index in [-0.39, 0.29) is 17.9 Å². The minimum atomic E-state index is -0.868. The lowest BCUT2D eigenvalue weighted by atomic mass is 9.66. The van der Waals surface area contributed by atoms with Crippen LogP contribution in [0.2, 0.25) is 0 Å². The van der Waals surface area contributed by atoms with E-state index in [9.17, 15) is 14.7 Å². The third-order valence-corrected chi connectivity index (χ3v) is 4.82. The van der Waals surface area contributed by atoms with Gasteiger partial charge in [0.25, 0.3) is 0 Å². The summed E-state index contributed by atoms with van der Waals surface area (Å²) in [5.41, 5.74) is -1.21. The third kappa shape index (κ3) is 2.73. The van der Waals surface area contributed by atoms with Gasteiger partial charge in [0.1, 0.15) is 0 Å². The predicted molar refractivity (Wildman–Crippen MR) is 74.2 cm³/mol. The Morgan fingerprint density at radius 3 is 2.30 bits per heavy atom. The summed E-state index contributed by atoms with van der Waals surface area (Å²) >= 11 is 0. The maximum atomic E-state index is 12.4. The molecule has 0 radical (unpaired) electrons. The van der Waals surface area contributed by atoms with Gasteiger partial charge >= 0.3 is 5.97 Å². The first-order chi connectivity index (χ1) is 9.55. The Balaban J connectivity index is 1.97. The summed E-state index contributed by atoms with van der Waals surface area (Å²) in [6.45, 7) is 4.80. The first-order valence-corrected chi connectivity index (χ1v) is 7.25. The van der Waals surface area contributed by atoms with Gasteiger partial charge in [-0.25, -0.2) is 0 Å². The van der Waals surface area contributed by atoms with Crippen LogP contribution in [-0.2, 0) is 14.3 Å². The molecule has 2 rings (SSSR count). The molecule has 1 saturated heterocycles. The standard InChI is InChI=1S/C15H23NO4/c1-2-4-14(5-3-6-14)12(17)16-11-15(13(18)19)7-9-20-10-8-15/h2H,1,3-11H2,(H,16,17)(H,18,19). The second-order valence-electron chi connectivity index (χ2n) is 6.01. The quantitative estimate of drug-likeness (QED) is 0.727. The van der Waals surface area contributed by atoms with Gasteiger partial charge in [-0.05, 0) is 32.1 Å². The Morgan fingerprint density at radius 2 is 1.85 bits per heavy atom. The monoisotopic (exact) mass is 281 g/mol. The average molecular weight is 281 g/mol. The molecule has 0 bridgehead atoms. The molecule has 5 heteroatoms. The molecule has 1 heterocycles. The lowest BCUT2D eigenvalue weighted by molar-refractivity contribution is -0.155. The molecule has 5 nitrogen and oxygen atoms in total. The highest BCUT2D eigenvalue weighted by Crippen LogP contribution is 2.44. The molecule has 1 amide bonds. The van der Waals surface area contributed by atoms with Gasteiger partial charge in [-0.2, -0.15) is 0 Å². The minimum absolute atomic E-state index is 0.0178. The topological polar surface area (TPSA) is 75.6 Å². The molecule has 0 aromatic carbocycles. The Morgan fingerprint density at radius 1 is 1.20 bits per heavy atom. The zero-order valence-corrected chi connectivity index (χ0v) is 11.8. The second kappa shape index (κ2) is 5.95. The van der Waals surface area contributed by atoms with E-state index in [2.05, 4.69) is 11.9 Å². The van der Waals surface area contributed by atoms with Gasteiger partial charge in [0.2, 0.25) is 5.91 Å². The van der Waals surface area contributed by atoms with Crippen molar-refractivity contribution in [2.45, 2.75) is 38.5 Å². The normalized spacial score (nSPS) is 23.4. The number of ether oxygens (including phenoxy) is 1. The Kier molecular flexibility index (Phi) is 4.48. The summed E-state index contributed by atoms with van der Waals surface area (Å²) in [4.78, 5) is 23.9. The number of hydrogen-bond donors (Lipinski definition) is 2. The number of aliphatic carboxylic acids is 1. The first-order valence-electron chi connectivity index (χ1n) is 7.25. The molecule has 0 aromatic heterocycles. The second-order valence-corrected chi connectivity index (χ2v) is 6.01. The van der Waals surface area contributed by atoms with Crippen LogP contribution in [0.3, 0.4) is 0 Å². The molecule has 2 fully saturated rings. The van der Waals surface area contributed by atoms with Crippen molar-refractivity contribution in [1.82, 2.24) is 5.32 Å². The SMILES string of the molecule is C=CCC1(C(=O)NCC2(C(=O)O)CCOCC2)CCC1. The van der Waals surface area contributed by atoms with Gasteiger partial charge < -0.3 is 15.2 Å². The number of amides is 1. The highest BCUT2D eigenvalue weighted by atomic mass is 16.5. The molecule has 2 aliphatic rings. The fourth-order valence-electron chi connectivity index (χ4n) is 3.07. The Labute approximate surface area is 119 Å². The third-order valence-electron chi connectivity index (χ3n) is 4.82. The lowest BCUT2D eigenvalue weighted by Crippen LogP contribution is -2.51. The van der Waals surface area contributed by atoms with Crippen molar-refractivity contribution < 1.29 is 19.4 Å². The van der Waals surface area contributed by atoms with E-state index in [1.807, 2.05) is 0 Å². The summed E-state index contributed by atoms with van der Waals surface area (Å²) < 4.78 is 5.23. The molecule has 20 heavy (non-hydrogen) atoms. The maximum Gasteiger partial charge on any atom is 0.311 e. The van der Waals surface area contributed by atoms with Crippen LogP contribution < -0.4 is 5.32 Å². The molecule has 2 N–H and O–H groups in total. The molecule has 0 aromatic rings. The molecule has 112 valence electrons. The average Bonchev–Trinajstić information content (AvgIpc) is 2.41. The van der Waals surface area contributed by atoms with E-state index >= 15 is 0 Å². The van der Waals surface area contributed by atoms with Gasteiger partial charge in [-0.3, -0.25) is 9.59 Å². The minimum Gasteiger partial charge on any atom is -0.481 e. The van der Waals surface area contributed by atoms with Crippen molar-refractivity contribution >= 4 is 11.9 Å². The zero-order chi connectivity index (χ0) is 14.6. The summed E-state index contributed by atoms with van der Waals surface area (Å²) in [5, 5.41) is 12.3. The molecule has 1 saturated carbocycles. The zero-order valence-electron chi connectivity index (χ0n) is 11.8. The largest absolute Gasteiger partial charge is 0.481 e. The number of hydrogen-bond acceptors (Lipinski definition) is 3. The fraction of sp³-hybridized carbons (Fsp3) is 0.733. The van der Waals surface area contributed by atoms with Crippen LogP contribution in [-0.4, -0.2) is 36.7 Å². The van der Waals surface area contributed by atoms with Gasteiger partial charge in [0.05, 0.1) is 10.8 Å². The van der Waals surface area contributed by atoms with Crippen LogP contribution in [0, 0.1) is 10.8 Å².